The van der Waals surface area contributed by atoms with Crippen LogP contribution in [0.15, 0.2) is 72.8 Å². The molecule has 122 valence electrons. The Bertz CT molecular complexity index is 920. The average molecular weight is 327 g/mol. The molecule has 2 N–H and O–H groups in total. The van der Waals surface area contributed by atoms with Gasteiger partial charge in [0.1, 0.15) is 0 Å². The molecule has 0 saturated heterocycles. The number of H-pyrrole nitrogens is 1. The Hall–Kier alpha value is -3.47. The van der Waals surface area contributed by atoms with Gasteiger partial charge in [-0.15, -0.1) is 0 Å². The van der Waals surface area contributed by atoms with Crippen molar-refractivity contribution in [2.24, 2.45) is 0 Å². The molecule has 0 bridgehead atoms. The van der Waals surface area contributed by atoms with Crippen LogP contribution in [0.1, 0.15) is 5.69 Å². The van der Waals surface area contributed by atoms with Crippen LogP contribution in [-0.2, 0) is 0 Å². The largest absolute Gasteiger partial charge is 0.307 e. The zero-order valence-electron chi connectivity index (χ0n) is 13.8. The minimum absolute atomic E-state index is 0.520. The van der Waals surface area contributed by atoms with Gasteiger partial charge >= 0.3 is 0 Å². The Labute approximate surface area is 145 Å². The van der Waals surface area contributed by atoms with Crippen molar-refractivity contribution in [3.8, 4) is 22.5 Å². The molecule has 4 aromatic rings. The van der Waals surface area contributed by atoms with E-state index in [-0.39, 0.29) is 0 Å². The quantitative estimate of drug-likeness (QED) is 0.575. The lowest BCUT2D eigenvalue weighted by Crippen LogP contribution is -2.00. The Kier molecular flexibility index (Phi) is 3.96. The number of aromatic nitrogens is 4. The van der Waals surface area contributed by atoms with E-state index in [2.05, 4.69) is 25.5 Å². The lowest BCUT2D eigenvalue weighted by molar-refractivity contribution is 1.04. The third kappa shape index (κ3) is 3.40. The smallest absolute Gasteiger partial charge is 0.229 e. The highest BCUT2D eigenvalue weighted by Gasteiger charge is 2.09. The van der Waals surface area contributed by atoms with Crippen LogP contribution in [0.3, 0.4) is 0 Å². The molecule has 5 nitrogen and oxygen atoms in total. The molecule has 25 heavy (non-hydrogen) atoms. The molecule has 0 unspecified atom stereocenters. The van der Waals surface area contributed by atoms with Gasteiger partial charge in [0.05, 0.1) is 11.4 Å². The second-order valence-corrected chi connectivity index (χ2v) is 5.76. The third-order valence-corrected chi connectivity index (χ3v) is 3.81. The van der Waals surface area contributed by atoms with Crippen molar-refractivity contribution >= 4 is 11.8 Å². The van der Waals surface area contributed by atoms with Crippen molar-refractivity contribution in [3.05, 3.63) is 78.5 Å². The summed E-state index contributed by atoms with van der Waals surface area (Å²) < 4.78 is 0. The van der Waals surface area contributed by atoms with E-state index < -0.39 is 0 Å². The highest BCUT2D eigenvalue weighted by atomic mass is 15.2. The number of benzene rings is 2. The van der Waals surface area contributed by atoms with E-state index in [0.29, 0.717) is 11.8 Å². The number of hydrogen-bond acceptors (Lipinski definition) is 4. The average Bonchev–Trinajstić information content (AvgIpc) is 3.07. The first-order chi connectivity index (χ1) is 12.3. The van der Waals surface area contributed by atoms with Crippen molar-refractivity contribution in [1.29, 1.82) is 0 Å². The van der Waals surface area contributed by atoms with Gasteiger partial charge in [-0.1, -0.05) is 60.7 Å². The molecular formula is C20H17N5. The van der Waals surface area contributed by atoms with E-state index in [1.807, 2.05) is 79.7 Å². The number of aromatic amines is 1. The van der Waals surface area contributed by atoms with E-state index in [9.17, 15) is 0 Å². The van der Waals surface area contributed by atoms with E-state index in [1.54, 1.807) is 0 Å². The summed E-state index contributed by atoms with van der Waals surface area (Å²) in [5, 5.41) is 10.3. The lowest BCUT2D eigenvalue weighted by atomic mass is 10.1. The Morgan fingerprint density at radius 2 is 1.32 bits per heavy atom. The highest BCUT2D eigenvalue weighted by Crippen LogP contribution is 2.26. The molecular weight excluding hydrogens is 310 g/mol. The summed E-state index contributed by atoms with van der Waals surface area (Å²) in [6.45, 7) is 1.95. The van der Waals surface area contributed by atoms with Crippen molar-refractivity contribution in [2.45, 2.75) is 6.92 Å². The second-order valence-electron chi connectivity index (χ2n) is 5.76. The fraction of sp³-hybridized carbons (Fsp3) is 0.0500. The van der Waals surface area contributed by atoms with Crippen molar-refractivity contribution in [3.63, 3.8) is 0 Å². The SMILES string of the molecule is Cc1cc(Nc2nc(-c3ccccc3)cc(-c3ccccc3)n2)n[nH]1. The van der Waals surface area contributed by atoms with Crippen LogP contribution in [0.2, 0.25) is 0 Å². The molecule has 2 heterocycles. The standard InChI is InChI=1S/C20H17N5/c1-14-12-19(25-24-14)23-20-21-17(15-8-4-2-5-9-15)13-18(22-20)16-10-6-3-7-11-16/h2-13H,1H3,(H2,21,22,23,24,25). The Balaban J connectivity index is 1.80. The first kappa shape index (κ1) is 15.1. The first-order valence-corrected chi connectivity index (χ1v) is 8.07. The zero-order valence-corrected chi connectivity index (χ0v) is 13.8. The van der Waals surface area contributed by atoms with Gasteiger partial charge in [-0.3, -0.25) is 5.10 Å². The van der Waals surface area contributed by atoms with Crippen molar-refractivity contribution < 1.29 is 0 Å². The summed E-state index contributed by atoms with van der Waals surface area (Å²) >= 11 is 0. The minimum atomic E-state index is 0.520. The molecule has 0 aliphatic carbocycles. The van der Waals surface area contributed by atoms with Crippen molar-refractivity contribution in [1.82, 2.24) is 20.2 Å². The normalized spacial score (nSPS) is 10.6. The number of aryl methyl sites for hydroxylation is 1. The molecule has 4 rings (SSSR count). The summed E-state index contributed by atoms with van der Waals surface area (Å²) in [4.78, 5) is 9.32. The Morgan fingerprint density at radius 1 is 0.760 bits per heavy atom. The molecule has 0 saturated carbocycles. The Morgan fingerprint density at radius 3 is 1.80 bits per heavy atom. The molecule has 0 aliphatic rings. The van der Waals surface area contributed by atoms with E-state index in [1.165, 1.54) is 0 Å². The number of nitrogens with zero attached hydrogens (tertiary/aromatic N) is 3. The molecule has 0 fully saturated rings. The molecule has 0 spiro atoms. The van der Waals surface area contributed by atoms with Crippen LogP contribution >= 0.6 is 0 Å². The molecule has 0 aliphatic heterocycles. The topological polar surface area (TPSA) is 66.5 Å². The summed E-state index contributed by atoms with van der Waals surface area (Å²) in [7, 11) is 0. The van der Waals surface area contributed by atoms with Crippen LogP contribution in [0.25, 0.3) is 22.5 Å². The van der Waals surface area contributed by atoms with Crippen LogP contribution in [0, 0.1) is 6.92 Å². The minimum Gasteiger partial charge on any atom is -0.307 e. The van der Waals surface area contributed by atoms with Crippen LogP contribution < -0.4 is 5.32 Å². The molecule has 5 heteroatoms. The maximum atomic E-state index is 4.66. The molecule has 2 aromatic carbocycles. The molecule has 2 aromatic heterocycles. The first-order valence-electron chi connectivity index (χ1n) is 8.07. The van der Waals surface area contributed by atoms with Gasteiger partial charge in [0, 0.05) is 22.9 Å². The molecule has 0 amide bonds. The monoisotopic (exact) mass is 327 g/mol. The maximum absolute atomic E-state index is 4.66. The second kappa shape index (κ2) is 6.57. The van der Waals surface area contributed by atoms with Crippen molar-refractivity contribution in [2.75, 3.05) is 5.32 Å². The number of nitrogens with one attached hydrogen (secondary N) is 2. The summed E-state index contributed by atoms with van der Waals surface area (Å²) in [6.07, 6.45) is 0. The van der Waals surface area contributed by atoms with Gasteiger partial charge in [0.2, 0.25) is 5.95 Å². The van der Waals surface area contributed by atoms with Gasteiger partial charge in [0.15, 0.2) is 5.82 Å². The third-order valence-electron chi connectivity index (χ3n) is 3.81. The fourth-order valence-electron chi connectivity index (χ4n) is 2.61. The molecule has 0 atom stereocenters. The predicted octanol–water partition coefficient (Wildman–Crippen LogP) is 4.59. The highest BCUT2D eigenvalue weighted by molar-refractivity contribution is 5.70. The van der Waals surface area contributed by atoms with E-state index >= 15 is 0 Å². The molecule has 0 radical (unpaired) electrons. The van der Waals surface area contributed by atoms with E-state index in [4.69, 9.17) is 0 Å². The van der Waals surface area contributed by atoms with Gasteiger partial charge in [-0.05, 0) is 13.0 Å². The van der Waals surface area contributed by atoms with Crippen LogP contribution in [-0.4, -0.2) is 20.2 Å². The fourth-order valence-corrected chi connectivity index (χ4v) is 2.61. The van der Waals surface area contributed by atoms with Gasteiger partial charge < -0.3 is 5.32 Å². The van der Waals surface area contributed by atoms with Gasteiger partial charge in [-0.2, -0.15) is 5.10 Å². The van der Waals surface area contributed by atoms with Gasteiger partial charge in [0.25, 0.3) is 0 Å². The number of anilines is 2. The lowest BCUT2D eigenvalue weighted by Gasteiger charge is -2.09. The predicted molar refractivity (Wildman–Crippen MR) is 99.5 cm³/mol. The summed E-state index contributed by atoms with van der Waals surface area (Å²) in [6, 6.07) is 24.1. The van der Waals surface area contributed by atoms with Crippen LogP contribution in [0.5, 0.6) is 0 Å². The number of rotatable bonds is 4. The zero-order chi connectivity index (χ0) is 17.1. The van der Waals surface area contributed by atoms with E-state index in [0.717, 1.165) is 28.2 Å². The maximum Gasteiger partial charge on any atom is 0.229 e. The number of hydrogen-bond donors (Lipinski definition) is 2. The summed E-state index contributed by atoms with van der Waals surface area (Å²) in [5.74, 6) is 1.22. The van der Waals surface area contributed by atoms with Gasteiger partial charge in [-0.25, -0.2) is 9.97 Å². The van der Waals surface area contributed by atoms with Crippen LogP contribution in [0.4, 0.5) is 11.8 Å². The summed E-state index contributed by atoms with van der Waals surface area (Å²) in [5.41, 5.74) is 4.80.